The van der Waals surface area contributed by atoms with Crippen molar-refractivity contribution in [3.05, 3.63) is 0 Å². The molecule has 9 nitrogen and oxygen atoms in total. The molecule has 1 N–H and O–H groups in total. The van der Waals surface area contributed by atoms with E-state index in [1.165, 1.54) is 4.90 Å². The van der Waals surface area contributed by atoms with E-state index in [-0.39, 0.29) is 42.9 Å². The van der Waals surface area contributed by atoms with Crippen molar-refractivity contribution >= 4 is 17.6 Å². The van der Waals surface area contributed by atoms with E-state index in [2.05, 4.69) is 5.32 Å². The Morgan fingerprint density at radius 3 is 1.68 bits per heavy atom. The van der Waals surface area contributed by atoms with E-state index in [1.807, 2.05) is 41.5 Å². The molecule has 0 unspecified atom stereocenters. The first-order chi connectivity index (χ1) is 14.3. The van der Waals surface area contributed by atoms with Gasteiger partial charge in [-0.2, -0.15) is 0 Å². The summed E-state index contributed by atoms with van der Waals surface area (Å²) in [5, 5.41) is 3.32. The van der Waals surface area contributed by atoms with Gasteiger partial charge in [-0.25, -0.2) is 0 Å². The van der Waals surface area contributed by atoms with Gasteiger partial charge < -0.3 is 29.3 Å². The normalized spacial score (nSPS) is 12.0. The molecule has 0 spiro atoms. The number of nitrogens with one attached hydrogen (secondary N) is 1. The highest BCUT2D eigenvalue weighted by atomic mass is 16.5. The van der Waals surface area contributed by atoms with E-state index in [1.54, 1.807) is 19.1 Å². The van der Waals surface area contributed by atoms with Crippen LogP contribution in [0.2, 0.25) is 0 Å². The van der Waals surface area contributed by atoms with Gasteiger partial charge >= 0.3 is 0 Å². The highest BCUT2D eigenvalue weighted by molar-refractivity contribution is 5.89. The Hall–Kier alpha value is -1.55. The number of hydrogen-bond donors (Lipinski definition) is 1. The van der Waals surface area contributed by atoms with Gasteiger partial charge in [0.2, 0.25) is 11.8 Å². The number of hydrogen-bond acceptors (Lipinski definition) is 7. The van der Waals surface area contributed by atoms with Crippen LogP contribution in [0.15, 0.2) is 0 Å². The van der Waals surface area contributed by atoms with Crippen LogP contribution in [0.25, 0.3) is 0 Å². The molecule has 0 aromatic heterocycles. The van der Waals surface area contributed by atoms with E-state index < -0.39 is 5.41 Å². The van der Waals surface area contributed by atoms with E-state index in [0.29, 0.717) is 39.4 Å². The van der Waals surface area contributed by atoms with Crippen molar-refractivity contribution in [2.45, 2.75) is 47.1 Å². The van der Waals surface area contributed by atoms with Crippen LogP contribution in [0, 0.1) is 5.41 Å². The van der Waals surface area contributed by atoms with Gasteiger partial charge in [0.05, 0.1) is 19.8 Å². The molecule has 0 aliphatic rings. The van der Waals surface area contributed by atoms with Crippen molar-refractivity contribution in [1.82, 2.24) is 15.1 Å². The quantitative estimate of drug-likeness (QED) is 0.401. The van der Waals surface area contributed by atoms with Crippen LogP contribution in [-0.4, -0.2) is 106 Å². The third kappa shape index (κ3) is 14.2. The predicted molar refractivity (Wildman–Crippen MR) is 120 cm³/mol. The monoisotopic (exact) mass is 445 g/mol. The fourth-order valence-electron chi connectivity index (χ4n) is 2.44. The number of amides is 2. The smallest absolute Gasteiger partial charge is 0.249 e. The molecule has 0 heterocycles. The number of ether oxygens (including phenoxy) is 3. The van der Waals surface area contributed by atoms with E-state index in [0.717, 1.165) is 0 Å². The summed E-state index contributed by atoms with van der Waals surface area (Å²) in [7, 11) is 3.13. The molecule has 0 aliphatic carbocycles. The maximum Gasteiger partial charge on any atom is 0.249 e. The summed E-state index contributed by atoms with van der Waals surface area (Å²) in [6.45, 7) is 13.7. The minimum atomic E-state index is -0.546. The Morgan fingerprint density at radius 1 is 0.774 bits per heavy atom. The van der Waals surface area contributed by atoms with Crippen molar-refractivity contribution in [3.63, 3.8) is 0 Å². The standard InChI is InChI=1S/C22H43N3O6/c1-21(2,3)18(26)15-25(10-9-23-22(4,5)6)20(28)17-31-16-19(27)24(11-13-29-7)12-14-30-8/h23H,9-17H2,1-8H3. The lowest BCUT2D eigenvalue weighted by atomic mass is 9.90. The van der Waals surface area contributed by atoms with Crippen LogP contribution in [0.5, 0.6) is 0 Å². The number of methoxy groups -OCH3 is 2. The summed E-state index contributed by atoms with van der Waals surface area (Å²) in [6, 6.07) is 0. The summed E-state index contributed by atoms with van der Waals surface area (Å²) >= 11 is 0. The Labute approximate surface area is 187 Å². The Balaban J connectivity index is 4.83. The topological polar surface area (TPSA) is 97.4 Å². The van der Waals surface area contributed by atoms with Crippen LogP contribution in [0.3, 0.4) is 0 Å². The van der Waals surface area contributed by atoms with Crippen LogP contribution >= 0.6 is 0 Å². The zero-order valence-electron chi connectivity index (χ0n) is 20.7. The number of carbonyl (C=O) groups is 3. The minimum absolute atomic E-state index is 0.0132. The van der Waals surface area contributed by atoms with Crippen LogP contribution in [0.4, 0.5) is 0 Å². The minimum Gasteiger partial charge on any atom is -0.383 e. The number of nitrogens with zero attached hydrogens (tertiary/aromatic N) is 2. The van der Waals surface area contributed by atoms with Crippen molar-refractivity contribution in [1.29, 1.82) is 0 Å². The second kappa shape index (κ2) is 14.5. The molecule has 0 rings (SSSR count). The lowest BCUT2D eigenvalue weighted by molar-refractivity contribution is -0.145. The largest absolute Gasteiger partial charge is 0.383 e. The molecule has 0 saturated carbocycles. The third-order valence-corrected chi connectivity index (χ3v) is 4.50. The Bertz CT molecular complexity index is 546. The van der Waals surface area contributed by atoms with Crippen molar-refractivity contribution in [3.8, 4) is 0 Å². The van der Waals surface area contributed by atoms with Gasteiger partial charge in [0.25, 0.3) is 0 Å². The molecule has 0 radical (unpaired) electrons. The maximum absolute atomic E-state index is 12.7. The summed E-state index contributed by atoms with van der Waals surface area (Å²) in [5.74, 6) is -0.590. The molecule has 9 heteroatoms. The number of rotatable bonds is 15. The van der Waals surface area contributed by atoms with Crippen LogP contribution in [0.1, 0.15) is 41.5 Å². The highest BCUT2D eigenvalue weighted by Gasteiger charge is 2.26. The molecule has 0 atom stereocenters. The first-order valence-electron chi connectivity index (χ1n) is 10.7. The average Bonchev–Trinajstić information content (AvgIpc) is 2.65. The average molecular weight is 446 g/mol. The highest BCUT2D eigenvalue weighted by Crippen LogP contribution is 2.15. The molecule has 0 aliphatic heterocycles. The molecule has 0 aromatic carbocycles. The second-order valence-electron chi connectivity index (χ2n) is 9.52. The molecule has 31 heavy (non-hydrogen) atoms. The number of carbonyl (C=O) groups excluding carboxylic acids is 3. The lowest BCUT2D eigenvalue weighted by Crippen LogP contribution is -2.47. The summed E-state index contributed by atoms with van der Waals surface area (Å²) in [6.07, 6.45) is 0. The van der Waals surface area contributed by atoms with Gasteiger partial charge in [-0.05, 0) is 20.8 Å². The second-order valence-corrected chi connectivity index (χ2v) is 9.52. The third-order valence-electron chi connectivity index (χ3n) is 4.50. The molecule has 2 amide bonds. The fraction of sp³-hybridized carbons (Fsp3) is 0.864. The maximum atomic E-state index is 12.7. The molecular weight excluding hydrogens is 402 g/mol. The summed E-state index contributed by atoms with van der Waals surface area (Å²) in [4.78, 5) is 40.6. The van der Waals surface area contributed by atoms with Crippen LogP contribution < -0.4 is 5.32 Å². The van der Waals surface area contributed by atoms with Gasteiger partial charge in [-0.1, -0.05) is 20.8 Å². The fourth-order valence-corrected chi connectivity index (χ4v) is 2.44. The first-order valence-corrected chi connectivity index (χ1v) is 10.7. The zero-order chi connectivity index (χ0) is 24.1. The Kier molecular flexibility index (Phi) is 13.8. The molecule has 0 fully saturated rings. The van der Waals surface area contributed by atoms with Crippen molar-refractivity contribution in [2.75, 3.05) is 73.4 Å². The van der Waals surface area contributed by atoms with E-state index in [4.69, 9.17) is 14.2 Å². The van der Waals surface area contributed by atoms with Gasteiger partial charge in [-0.15, -0.1) is 0 Å². The predicted octanol–water partition coefficient (Wildman–Crippen LogP) is 0.956. The first kappa shape index (κ1) is 29.5. The van der Waals surface area contributed by atoms with Crippen molar-refractivity contribution in [2.24, 2.45) is 5.41 Å². The van der Waals surface area contributed by atoms with Gasteiger partial charge in [0.1, 0.15) is 13.2 Å². The van der Waals surface area contributed by atoms with Gasteiger partial charge in [0.15, 0.2) is 5.78 Å². The zero-order valence-corrected chi connectivity index (χ0v) is 20.7. The molecule has 182 valence electrons. The van der Waals surface area contributed by atoms with Gasteiger partial charge in [-0.3, -0.25) is 14.4 Å². The Morgan fingerprint density at radius 2 is 1.26 bits per heavy atom. The van der Waals surface area contributed by atoms with Crippen LogP contribution in [-0.2, 0) is 28.6 Å². The summed E-state index contributed by atoms with van der Waals surface area (Å²) in [5.41, 5.74) is -0.643. The van der Waals surface area contributed by atoms with Crippen molar-refractivity contribution < 1.29 is 28.6 Å². The number of ketones is 1. The molecule has 0 bridgehead atoms. The lowest BCUT2D eigenvalue weighted by Gasteiger charge is -2.28. The van der Waals surface area contributed by atoms with E-state index in [9.17, 15) is 14.4 Å². The van der Waals surface area contributed by atoms with E-state index >= 15 is 0 Å². The molecule has 0 saturated heterocycles. The summed E-state index contributed by atoms with van der Waals surface area (Å²) < 4.78 is 15.5. The van der Waals surface area contributed by atoms with Gasteiger partial charge in [0, 0.05) is 51.4 Å². The molecule has 0 aromatic rings. The SMILES string of the molecule is COCCN(CCOC)C(=O)COCC(=O)N(CCNC(C)(C)C)CC(=O)C(C)(C)C. The molecular formula is C22H43N3O6. The number of Topliss-reactive ketones (excluding diaryl/α,β-unsaturated/α-hetero) is 1.